The molecule has 1 aromatic rings. The molecule has 122 valence electrons. The molecule has 1 aliphatic heterocycles. The largest absolute Gasteiger partial charge is 0.486 e. The predicted octanol–water partition coefficient (Wildman–Crippen LogP) is 1.16. The molecule has 1 unspecified atom stereocenters. The van der Waals surface area contributed by atoms with Crippen molar-refractivity contribution in [2.45, 2.75) is 18.9 Å². The second kappa shape index (κ2) is 7.46. The molecule has 1 saturated heterocycles. The Bertz CT molecular complexity index is 610. The van der Waals surface area contributed by atoms with E-state index in [1.165, 1.54) is 7.11 Å². The highest BCUT2D eigenvalue weighted by Gasteiger charge is 2.20. The lowest BCUT2D eigenvalue weighted by molar-refractivity contribution is -0.140. The van der Waals surface area contributed by atoms with Crippen LogP contribution in [0.5, 0.6) is 5.75 Å². The van der Waals surface area contributed by atoms with Crippen molar-refractivity contribution < 1.29 is 27.4 Å². The van der Waals surface area contributed by atoms with Crippen molar-refractivity contribution in [3.05, 3.63) is 24.3 Å². The number of nitrogens with one attached hydrogen (secondary N) is 1. The van der Waals surface area contributed by atoms with E-state index in [0.29, 0.717) is 24.7 Å². The van der Waals surface area contributed by atoms with Gasteiger partial charge in [0.2, 0.25) is 10.0 Å². The Balaban J connectivity index is 2.03. The van der Waals surface area contributed by atoms with Crippen LogP contribution in [0.4, 0.5) is 5.69 Å². The van der Waals surface area contributed by atoms with Crippen molar-refractivity contribution in [1.29, 1.82) is 0 Å². The van der Waals surface area contributed by atoms with E-state index >= 15 is 0 Å². The van der Waals surface area contributed by atoms with E-state index in [1.54, 1.807) is 24.3 Å². The van der Waals surface area contributed by atoms with Gasteiger partial charge in [-0.25, -0.2) is 8.42 Å². The van der Waals surface area contributed by atoms with Gasteiger partial charge in [-0.15, -0.1) is 0 Å². The molecule has 1 fully saturated rings. The Labute approximate surface area is 129 Å². The van der Waals surface area contributed by atoms with Gasteiger partial charge in [0.25, 0.3) is 0 Å². The number of anilines is 1. The van der Waals surface area contributed by atoms with E-state index in [1.807, 2.05) is 0 Å². The van der Waals surface area contributed by atoms with Crippen LogP contribution in [0.2, 0.25) is 0 Å². The van der Waals surface area contributed by atoms with Crippen LogP contribution in [0.1, 0.15) is 12.8 Å². The maximum Gasteiger partial charge on any atom is 0.306 e. The molecule has 22 heavy (non-hydrogen) atoms. The van der Waals surface area contributed by atoms with Crippen molar-refractivity contribution in [3.8, 4) is 5.75 Å². The maximum absolute atomic E-state index is 12.0. The molecule has 0 amide bonds. The first-order chi connectivity index (χ1) is 10.5. The first kappa shape index (κ1) is 16.6. The normalized spacial score (nSPS) is 18.0. The van der Waals surface area contributed by atoms with Gasteiger partial charge in [0.1, 0.15) is 11.9 Å². The second-order valence-electron chi connectivity index (χ2n) is 4.85. The number of para-hydroxylation sites is 2. The quantitative estimate of drug-likeness (QED) is 0.755. The summed E-state index contributed by atoms with van der Waals surface area (Å²) in [6.45, 7) is 1.13. The lowest BCUT2D eigenvalue weighted by Gasteiger charge is -2.16. The minimum atomic E-state index is -3.66. The average Bonchev–Trinajstić information content (AvgIpc) is 2.99. The molecule has 1 aliphatic rings. The van der Waals surface area contributed by atoms with Gasteiger partial charge in [-0.1, -0.05) is 12.1 Å². The summed E-state index contributed by atoms with van der Waals surface area (Å²) in [6.07, 6.45) is 0.482. The van der Waals surface area contributed by atoms with Gasteiger partial charge in [-0.2, -0.15) is 0 Å². The molecule has 8 heteroatoms. The molecule has 1 N–H and O–H groups in total. The van der Waals surface area contributed by atoms with E-state index in [-0.39, 0.29) is 18.3 Å². The van der Waals surface area contributed by atoms with Crippen molar-refractivity contribution in [2.75, 3.05) is 30.8 Å². The van der Waals surface area contributed by atoms with Crippen molar-refractivity contribution >= 4 is 21.7 Å². The van der Waals surface area contributed by atoms with Gasteiger partial charge in [0.15, 0.2) is 0 Å². The highest BCUT2D eigenvalue weighted by atomic mass is 32.2. The molecule has 0 spiro atoms. The molecule has 1 heterocycles. The smallest absolute Gasteiger partial charge is 0.306 e. The van der Waals surface area contributed by atoms with Crippen LogP contribution in [0, 0.1) is 0 Å². The predicted molar refractivity (Wildman–Crippen MR) is 80.3 cm³/mol. The van der Waals surface area contributed by atoms with Crippen LogP contribution in [-0.4, -0.2) is 46.6 Å². The molecule has 0 aliphatic carbocycles. The summed E-state index contributed by atoms with van der Waals surface area (Å²) in [6, 6.07) is 6.77. The third-order valence-electron chi connectivity index (χ3n) is 3.14. The van der Waals surface area contributed by atoms with Crippen LogP contribution >= 0.6 is 0 Å². The number of sulfonamides is 1. The number of hydrogen-bond donors (Lipinski definition) is 1. The zero-order valence-electron chi connectivity index (χ0n) is 12.3. The highest BCUT2D eigenvalue weighted by molar-refractivity contribution is 7.92. The molecule has 1 aromatic carbocycles. The molecule has 0 aromatic heterocycles. The zero-order valence-corrected chi connectivity index (χ0v) is 13.1. The van der Waals surface area contributed by atoms with Crippen LogP contribution < -0.4 is 9.46 Å². The fourth-order valence-electron chi connectivity index (χ4n) is 1.98. The van der Waals surface area contributed by atoms with E-state index in [0.717, 1.165) is 6.42 Å². The minimum Gasteiger partial charge on any atom is -0.486 e. The van der Waals surface area contributed by atoms with Crippen molar-refractivity contribution in [2.24, 2.45) is 0 Å². The topological polar surface area (TPSA) is 90.9 Å². The van der Waals surface area contributed by atoms with E-state index in [9.17, 15) is 13.2 Å². The monoisotopic (exact) mass is 329 g/mol. The molecular formula is C14H19NO6S. The lowest BCUT2D eigenvalue weighted by atomic mass is 10.3. The summed E-state index contributed by atoms with van der Waals surface area (Å²) in [5.41, 5.74) is 0.347. The fraction of sp³-hybridized carbons (Fsp3) is 0.500. The number of hydrogen-bond acceptors (Lipinski definition) is 6. The fourth-order valence-corrected chi connectivity index (χ4v) is 3.02. The molecule has 0 bridgehead atoms. The number of esters is 1. The third kappa shape index (κ3) is 4.88. The second-order valence-corrected chi connectivity index (χ2v) is 6.69. The number of methoxy groups -OCH3 is 1. The average molecular weight is 329 g/mol. The molecule has 1 atom stereocenters. The van der Waals surface area contributed by atoms with Gasteiger partial charge < -0.3 is 14.2 Å². The first-order valence-corrected chi connectivity index (χ1v) is 8.56. The molecular weight excluding hydrogens is 310 g/mol. The highest BCUT2D eigenvalue weighted by Crippen LogP contribution is 2.27. The van der Waals surface area contributed by atoms with Crippen molar-refractivity contribution in [3.63, 3.8) is 0 Å². The standard InChI is InChI=1S/C14H19NO6S/c1-19-14(16)7-9-22(17,18)15-12-4-2-3-5-13(12)21-11-6-8-20-10-11/h2-5,11,15H,6-10H2,1H3. The zero-order chi connectivity index (χ0) is 16.0. The SMILES string of the molecule is COC(=O)CCS(=O)(=O)Nc1ccccc1OC1CCOC1. The van der Waals surface area contributed by atoms with Gasteiger partial charge in [-0.05, 0) is 12.1 Å². The Hall–Kier alpha value is -1.80. The summed E-state index contributed by atoms with van der Waals surface area (Å²) in [7, 11) is -2.44. The van der Waals surface area contributed by atoms with E-state index in [2.05, 4.69) is 9.46 Å². The number of carbonyl (C=O) groups excluding carboxylic acids is 1. The van der Waals surface area contributed by atoms with E-state index < -0.39 is 16.0 Å². The van der Waals surface area contributed by atoms with Gasteiger partial charge in [-0.3, -0.25) is 9.52 Å². The Morgan fingerprint density at radius 3 is 2.86 bits per heavy atom. The Morgan fingerprint density at radius 2 is 2.18 bits per heavy atom. The molecule has 0 radical (unpaired) electrons. The molecule has 2 rings (SSSR count). The van der Waals surface area contributed by atoms with Gasteiger partial charge >= 0.3 is 5.97 Å². The third-order valence-corrected chi connectivity index (χ3v) is 4.41. The molecule has 7 nitrogen and oxygen atoms in total. The summed E-state index contributed by atoms with van der Waals surface area (Å²) in [5, 5.41) is 0. The summed E-state index contributed by atoms with van der Waals surface area (Å²) in [4.78, 5) is 11.1. The lowest BCUT2D eigenvalue weighted by Crippen LogP contribution is -2.21. The van der Waals surface area contributed by atoms with Gasteiger partial charge in [0, 0.05) is 6.42 Å². The Morgan fingerprint density at radius 1 is 1.41 bits per heavy atom. The Kier molecular flexibility index (Phi) is 5.62. The summed E-state index contributed by atoms with van der Waals surface area (Å²) < 4.78 is 41.9. The summed E-state index contributed by atoms with van der Waals surface area (Å²) >= 11 is 0. The van der Waals surface area contributed by atoms with Crippen LogP contribution in [0.15, 0.2) is 24.3 Å². The number of carbonyl (C=O) groups is 1. The minimum absolute atomic E-state index is 0.0827. The maximum atomic E-state index is 12.0. The van der Waals surface area contributed by atoms with E-state index in [4.69, 9.17) is 9.47 Å². The van der Waals surface area contributed by atoms with Crippen LogP contribution in [0.25, 0.3) is 0 Å². The summed E-state index contributed by atoms with van der Waals surface area (Å²) in [5.74, 6) is -0.474. The van der Waals surface area contributed by atoms with Crippen LogP contribution in [-0.2, 0) is 24.3 Å². The van der Waals surface area contributed by atoms with Crippen molar-refractivity contribution in [1.82, 2.24) is 0 Å². The number of rotatable bonds is 7. The van der Waals surface area contributed by atoms with Gasteiger partial charge in [0.05, 0.1) is 38.2 Å². The number of ether oxygens (including phenoxy) is 3. The van der Waals surface area contributed by atoms with Crippen LogP contribution in [0.3, 0.4) is 0 Å². The first-order valence-electron chi connectivity index (χ1n) is 6.91. The number of benzene rings is 1. The molecule has 0 saturated carbocycles.